The van der Waals surface area contributed by atoms with Crippen LogP contribution in [-0.4, -0.2) is 40.2 Å². The van der Waals surface area contributed by atoms with Crippen LogP contribution in [0, 0.1) is 0 Å². The first kappa shape index (κ1) is 15.6. The van der Waals surface area contributed by atoms with E-state index in [1.165, 1.54) is 6.33 Å². The molecule has 0 saturated heterocycles. The number of aliphatic carboxylic acids is 1. The summed E-state index contributed by atoms with van der Waals surface area (Å²) in [6, 6.07) is -0.0655. The van der Waals surface area contributed by atoms with E-state index >= 15 is 0 Å². The smallest absolute Gasteiger partial charge is 0.323 e. The minimum absolute atomic E-state index is 0.0655. The lowest BCUT2D eigenvalue weighted by Crippen LogP contribution is -2.32. The number of rotatable bonds is 5. The highest BCUT2D eigenvalue weighted by molar-refractivity contribution is 5.85. The Hall–Kier alpha value is -2.79. The molecule has 7 heteroatoms. The lowest BCUT2D eigenvalue weighted by atomic mass is 10.0. The Kier molecular flexibility index (Phi) is 4.80. The molecule has 2 heterocycles. The van der Waals surface area contributed by atoms with Gasteiger partial charge in [0.1, 0.15) is 24.5 Å². The van der Waals surface area contributed by atoms with Crippen molar-refractivity contribution >= 4 is 23.2 Å². The maximum absolute atomic E-state index is 11.1. The summed E-state index contributed by atoms with van der Waals surface area (Å²) in [6.07, 6.45) is 6.85. The van der Waals surface area contributed by atoms with Gasteiger partial charge in [-0.2, -0.15) is 0 Å². The van der Waals surface area contributed by atoms with E-state index in [9.17, 15) is 4.79 Å². The Morgan fingerprint density at radius 3 is 3.09 bits per heavy atom. The van der Waals surface area contributed by atoms with Crippen molar-refractivity contribution in [1.29, 1.82) is 0 Å². The Balaban J connectivity index is 2.49. The van der Waals surface area contributed by atoms with Crippen molar-refractivity contribution in [3.63, 3.8) is 0 Å². The van der Waals surface area contributed by atoms with E-state index in [2.05, 4.69) is 21.0 Å². The number of nitrogens with zero attached hydrogens (tertiary/aromatic N) is 3. The largest absolute Gasteiger partial charge is 0.480 e. The zero-order chi connectivity index (χ0) is 16.1. The van der Waals surface area contributed by atoms with Crippen LogP contribution < -0.4 is 16.0 Å². The number of anilines is 2. The van der Waals surface area contributed by atoms with Crippen molar-refractivity contribution in [2.75, 3.05) is 23.7 Å². The van der Waals surface area contributed by atoms with E-state index in [1.54, 1.807) is 11.0 Å². The Labute approximate surface area is 128 Å². The quantitative estimate of drug-likeness (QED) is 0.697. The molecule has 1 aliphatic heterocycles. The van der Waals surface area contributed by atoms with Gasteiger partial charge in [0.25, 0.3) is 0 Å². The van der Waals surface area contributed by atoms with Crippen molar-refractivity contribution < 1.29 is 9.90 Å². The summed E-state index contributed by atoms with van der Waals surface area (Å²) in [7, 11) is 0. The lowest BCUT2D eigenvalue weighted by Gasteiger charge is -2.23. The van der Waals surface area contributed by atoms with Gasteiger partial charge in [-0.15, -0.1) is 5.73 Å². The first-order valence-electron chi connectivity index (χ1n) is 6.94. The fourth-order valence-electron chi connectivity index (χ4n) is 2.28. The predicted molar refractivity (Wildman–Crippen MR) is 85.2 cm³/mol. The van der Waals surface area contributed by atoms with Gasteiger partial charge in [0.2, 0.25) is 0 Å². The molecule has 0 bridgehead atoms. The van der Waals surface area contributed by atoms with Gasteiger partial charge < -0.3 is 21.1 Å². The fourth-order valence-corrected chi connectivity index (χ4v) is 2.28. The number of aromatic nitrogens is 2. The van der Waals surface area contributed by atoms with E-state index in [0.29, 0.717) is 23.7 Å². The molecule has 4 N–H and O–H groups in total. The molecule has 1 aliphatic rings. The molecule has 22 heavy (non-hydrogen) atoms. The van der Waals surface area contributed by atoms with E-state index in [4.69, 9.17) is 10.8 Å². The Bertz CT molecular complexity index is 662. The molecule has 1 unspecified atom stereocenters. The van der Waals surface area contributed by atoms with Crippen molar-refractivity contribution in [3.8, 4) is 0 Å². The van der Waals surface area contributed by atoms with Crippen molar-refractivity contribution in [1.82, 2.24) is 15.3 Å². The van der Waals surface area contributed by atoms with Gasteiger partial charge >= 0.3 is 5.97 Å². The van der Waals surface area contributed by atoms with Crippen LogP contribution in [0.25, 0.3) is 5.57 Å². The van der Waals surface area contributed by atoms with Crippen LogP contribution in [-0.2, 0) is 4.79 Å². The third kappa shape index (κ3) is 3.27. The monoisotopic (exact) mass is 301 g/mol. The molecule has 0 spiro atoms. The number of nitrogen functional groups attached to an aromatic ring is 1. The van der Waals surface area contributed by atoms with Crippen LogP contribution in [0.2, 0.25) is 0 Å². The third-order valence-corrected chi connectivity index (χ3v) is 3.27. The molecule has 116 valence electrons. The molecule has 0 fully saturated rings. The molecule has 0 aliphatic carbocycles. The van der Waals surface area contributed by atoms with Crippen LogP contribution in [0.3, 0.4) is 0 Å². The second-order valence-corrected chi connectivity index (χ2v) is 4.88. The highest BCUT2D eigenvalue weighted by Crippen LogP contribution is 2.32. The first-order valence-corrected chi connectivity index (χ1v) is 6.94. The van der Waals surface area contributed by atoms with Crippen LogP contribution >= 0.6 is 0 Å². The zero-order valence-corrected chi connectivity index (χ0v) is 12.6. The van der Waals surface area contributed by atoms with Crippen LogP contribution in [0.15, 0.2) is 30.4 Å². The number of carbonyl (C=O) groups is 1. The molecule has 0 amide bonds. The van der Waals surface area contributed by atoms with Crippen LogP contribution in [0.5, 0.6) is 0 Å². The van der Waals surface area contributed by atoms with Crippen LogP contribution in [0.1, 0.15) is 19.4 Å². The van der Waals surface area contributed by atoms with Gasteiger partial charge in [-0.05, 0) is 26.1 Å². The molecule has 1 aromatic rings. The minimum Gasteiger partial charge on any atom is -0.480 e. The molecular formula is C15H19N5O2. The summed E-state index contributed by atoms with van der Waals surface area (Å²) in [6.45, 7) is 4.12. The summed E-state index contributed by atoms with van der Waals surface area (Å²) in [4.78, 5) is 21.0. The Morgan fingerprint density at radius 2 is 2.41 bits per heavy atom. The highest BCUT2D eigenvalue weighted by Gasteiger charge is 2.24. The van der Waals surface area contributed by atoms with Crippen molar-refractivity contribution in [2.24, 2.45) is 0 Å². The maximum Gasteiger partial charge on any atom is 0.323 e. The molecular weight excluding hydrogens is 282 g/mol. The average molecular weight is 301 g/mol. The number of hydrogen-bond acceptors (Lipinski definition) is 6. The SMILES string of the molecule is C/C=C\NC(C)C1=C=CCN(CC(=O)O)c2ncnc(N)c21. The number of allylic oxidation sites excluding steroid dienone is 1. The second kappa shape index (κ2) is 6.78. The van der Waals surface area contributed by atoms with Crippen molar-refractivity contribution in [2.45, 2.75) is 19.9 Å². The Morgan fingerprint density at radius 1 is 1.64 bits per heavy atom. The van der Waals surface area contributed by atoms with Gasteiger partial charge in [-0.25, -0.2) is 9.97 Å². The third-order valence-electron chi connectivity index (χ3n) is 3.27. The van der Waals surface area contributed by atoms with E-state index in [0.717, 1.165) is 5.57 Å². The number of carboxylic acids is 1. The number of hydrogen-bond donors (Lipinski definition) is 3. The number of carboxylic acid groups (broad SMARTS) is 1. The molecule has 7 nitrogen and oxygen atoms in total. The normalized spacial score (nSPS) is 15.2. The summed E-state index contributed by atoms with van der Waals surface area (Å²) in [5.74, 6) is -0.104. The fraction of sp³-hybridized carbons (Fsp3) is 0.333. The summed E-state index contributed by atoms with van der Waals surface area (Å²) < 4.78 is 0. The summed E-state index contributed by atoms with van der Waals surface area (Å²) in [5, 5.41) is 12.3. The molecule has 0 saturated carbocycles. The zero-order valence-electron chi connectivity index (χ0n) is 12.6. The highest BCUT2D eigenvalue weighted by atomic mass is 16.4. The maximum atomic E-state index is 11.1. The second-order valence-electron chi connectivity index (χ2n) is 4.88. The van der Waals surface area contributed by atoms with Gasteiger partial charge in [0.15, 0.2) is 0 Å². The predicted octanol–water partition coefficient (Wildman–Crippen LogP) is 1.01. The van der Waals surface area contributed by atoms with E-state index in [-0.39, 0.29) is 12.6 Å². The van der Waals surface area contributed by atoms with Crippen molar-refractivity contribution in [3.05, 3.63) is 36.0 Å². The molecule has 0 radical (unpaired) electrons. The minimum atomic E-state index is -0.930. The van der Waals surface area contributed by atoms with Gasteiger partial charge in [0, 0.05) is 12.1 Å². The van der Waals surface area contributed by atoms with Crippen LogP contribution in [0.4, 0.5) is 11.6 Å². The number of nitrogens with two attached hydrogens (primary N) is 1. The molecule has 1 atom stereocenters. The van der Waals surface area contributed by atoms with E-state index in [1.807, 2.05) is 26.1 Å². The lowest BCUT2D eigenvalue weighted by molar-refractivity contribution is -0.135. The van der Waals surface area contributed by atoms with Gasteiger partial charge in [-0.3, -0.25) is 4.79 Å². The number of nitrogens with one attached hydrogen (secondary N) is 1. The molecule has 2 rings (SSSR count). The van der Waals surface area contributed by atoms with Gasteiger partial charge in [0.05, 0.1) is 11.6 Å². The van der Waals surface area contributed by atoms with E-state index < -0.39 is 5.97 Å². The first-order chi connectivity index (χ1) is 10.5. The topological polar surface area (TPSA) is 104 Å². The summed E-state index contributed by atoms with van der Waals surface area (Å²) >= 11 is 0. The standard InChI is InChI=1S/C15H19N5O2/c1-3-6-17-10(2)11-5-4-7-20(8-12(21)22)15-13(11)14(16)18-9-19-15/h3-4,6,9-10,17H,7-8H2,1-2H3,(H,21,22)(H2,16,18,19)/b6-3-. The number of fused-ring (bicyclic) bond motifs is 1. The molecule has 1 aromatic heterocycles. The molecule has 0 aromatic carbocycles. The average Bonchev–Trinajstić information content (AvgIpc) is 2.65. The van der Waals surface area contributed by atoms with Gasteiger partial charge in [-0.1, -0.05) is 6.08 Å². The summed E-state index contributed by atoms with van der Waals surface area (Å²) in [5.41, 5.74) is 10.6.